The van der Waals surface area contributed by atoms with E-state index in [1.807, 2.05) is 25.1 Å². The van der Waals surface area contributed by atoms with Crippen LogP contribution in [0.4, 0.5) is 0 Å². The fourth-order valence-electron chi connectivity index (χ4n) is 4.81. The van der Waals surface area contributed by atoms with Crippen molar-refractivity contribution in [1.29, 1.82) is 0 Å². The number of aliphatic imine (C=N–C) groups is 1. The highest BCUT2D eigenvalue weighted by atomic mass is 16.3. The Kier molecular flexibility index (Phi) is 6.59. The normalized spacial score (nSPS) is 19.7. The largest absolute Gasteiger partial charge is 0.511 e. The number of benzene rings is 2. The molecule has 3 aromatic rings. The molecule has 0 bridgehead atoms. The topological polar surface area (TPSA) is 65.4 Å². The summed E-state index contributed by atoms with van der Waals surface area (Å²) in [5.74, 6) is 0.313. The number of ketones is 1. The van der Waals surface area contributed by atoms with Crippen molar-refractivity contribution >= 4 is 22.4 Å². The van der Waals surface area contributed by atoms with Crippen molar-refractivity contribution in [3.8, 4) is 0 Å². The predicted molar refractivity (Wildman–Crippen MR) is 132 cm³/mol. The van der Waals surface area contributed by atoms with Crippen LogP contribution in [0, 0.1) is 13.8 Å². The van der Waals surface area contributed by atoms with Crippen molar-refractivity contribution in [3.05, 3.63) is 82.2 Å². The van der Waals surface area contributed by atoms with Crippen LogP contribution in [0.25, 0.3) is 10.9 Å². The standard InChI is InChI=1S/C28H32N2O2/c1-4-8-26(31)28-25(16-21(17-27(28)32)20-9-6-5-7-10-20)29-14-13-22-19(3)30-24-12-11-18(2)15-23(22)24/h5-7,9-12,15,21,30-31H,4,8,13-14,16-17H2,1-3H3/t21-/m0/s1. The molecule has 4 rings (SSSR count). The van der Waals surface area contributed by atoms with Crippen molar-refractivity contribution in [2.45, 2.75) is 58.8 Å². The van der Waals surface area contributed by atoms with Gasteiger partial charge < -0.3 is 10.1 Å². The number of aliphatic hydroxyl groups is 1. The zero-order chi connectivity index (χ0) is 22.7. The van der Waals surface area contributed by atoms with Crippen LogP contribution in [0.3, 0.4) is 0 Å². The summed E-state index contributed by atoms with van der Waals surface area (Å²) < 4.78 is 0. The summed E-state index contributed by atoms with van der Waals surface area (Å²) in [6.45, 7) is 6.81. The molecule has 0 radical (unpaired) electrons. The molecule has 1 saturated carbocycles. The maximum Gasteiger partial charge on any atom is 0.168 e. The van der Waals surface area contributed by atoms with E-state index < -0.39 is 0 Å². The summed E-state index contributed by atoms with van der Waals surface area (Å²) >= 11 is 0. The fourth-order valence-corrected chi connectivity index (χ4v) is 4.81. The second kappa shape index (κ2) is 9.56. The number of aromatic nitrogens is 1. The Morgan fingerprint density at radius 2 is 1.91 bits per heavy atom. The highest BCUT2D eigenvalue weighted by Crippen LogP contribution is 2.34. The summed E-state index contributed by atoms with van der Waals surface area (Å²) in [6, 6.07) is 16.6. The molecule has 32 heavy (non-hydrogen) atoms. The molecule has 1 heterocycles. The minimum Gasteiger partial charge on any atom is -0.511 e. The minimum absolute atomic E-state index is 0.00806. The van der Waals surface area contributed by atoms with Gasteiger partial charge in [-0.05, 0) is 62.3 Å². The Balaban J connectivity index is 1.63. The number of Topliss-reactive ketones (excluding diaryl/α,β-unsaturated/α-hetero) is 1. The number of carbonyl (C=O) groups is 1. The molecular weight excluding hydrogens is 396 g/mol. The Hall–Kier alpha value is -3.14. The predicted octanol–water partition coefficient (Wildman–Crippen LogP) is 6.53. The first-order valence-corrected chi connectivity index (χ1v) is 11.6. The molecule has 0 aliphatic heterocycles. The molecule has 1 aliphatic carbocycles. The van der Waals surface area contributed by atoms with Crippen LogP contribution in [-0.2, 0) is 11.2 Å². The van der Waals surface area contributed by atoms with Gasteiger partial charge in [0.2, 0.25) is 0 Å². The highest BCUT2D eigenvalue weighted by molar-refractivity contribution is 6.24. The number of allylic oxidation sites excluding steroid dienone is 2. The highest BCUT2D eigenvalue weighted by Gasteiger charge is 2.32. The van der Waals surface area contributed by atoms with Crippen LogP contribution < -0.4 is 0 Å². The number of rotatable bonds is 6. The van der Waals surface area contributed by atoms with Crippen molar-refractivity contribution < 1.29 is 9.90 Å². The molecule has 1 atom stereocenters. The summed E-state index contributed by atoms with van der Waals surface area (Å²) in [7, 11) is 0. The number of aromatic amines is 1. The van der Waals surface area contributed by atoms with Gasteiger partial charge in [0.1, 0.15) is 5.76 Å². The molecule has 1 aliphatic rings. The lowest BCUT2D eigenvalue weighted by Crippen LogP contribution is -2.27. The zero-order valence-corrected chi connectivity index (χ0v) is 19.2. The van der Waals surface area contributed by atoms with Gasteiger partial charge in [0.25, 0.3) is 0 Å². The van der Waals surface area contributed by atoms with Gasteiger partial charge in [0.05, 0.1) is 5.57 Å². The van der Waals surface area contributed by atoms with E-state index >= 15 is 0 Å². The van der Waals surface area contributed by atoms with Crippen LogP contribution in [0.15, 0.2) is 64.9 Å². The molecular formula is C28H32N2O2. The summed E-state index contributed by atoms with van der Waals surface area (Å²) in [4.78, 5) is 21.4. The Bertz CT molecular complexity index is 1180. The first-order valence-electron chi connectivity index (χ1n) is 11.6. The number of nitrogens with zero attached hydrogens (tertiary/aromatic N) is 1. The maximum absolute atomic E-state index is 13.1. The third-order valence-electron chi connectivity index (χ3n) is 6.42. The molecule has 1 fully saturated rings. The Morgan fingerprint density at radius 1 is 1.12 bits per heavy atom. The Labute approximate surface area is 190 Å². The van der Waals surface area contributed by atoms with Crippen LogP contribution >= 0.6 is 0 Å². The molecule has 2 N–H and O–H groups in total. The lowest BCUT2D eigenvalue weighted by atomic mass is 9.78. The van der Waals surface area contributed by atoms with Crippen LogP contribution in [0.5, 0.6) is 0 Å². The zero-order valence-electron chi connectivity index (χ0n) is 19.2. The number of nitrogens with one attached hydrogen (secondary N) is 1. The van der Waals surface area contributed by atoms with E-state index in [2.05, 4.69) is 49.2 Å². The van der Waals surface area contributed by atoms with Gasteiger partial charge >= 0.3 is 0 Å². The van der Waals surface area contributed by atoms with Crippen molar-refractivity contribution in [2.24, 2.45) is 4.99 Å². The fraction of sp³-hybridized carbons (Fsp3) is 0.357. The summed E-state index contributed by atoms with van der Waals surface area (Å²) in [6.07, 6.45) is 3.21. The average Bonchev–Trinajstić information content (AvgIpc) is 3.08. The number of fused-ring (bicyclic) bond motifs is 1. The first kappa shape index (κ1) is 22.1. The molecule has 2 aromatic carbocycles. The van der Waals surface area contributed by atoms with Crippen molar-refractivity contribution in [2.75, 3.05) is 6.54 Å². The monoisotopic (exact) mass is 428 g/mol. The van der Waals surface area contributed by atoms with Crippen LogP contribution in [0.2, 0.25) is 0 Å². The van der Waals surface area contributed by atoms with E-state index in [0.717, 1.165) is 35.3 Å². The third kappa shape index (κ3) is 4.55. The number of hydrogen-bond donors (Lipinski definition) is 2. The number of hydrogen-bond acceptors (Lipinski definition) is 3. The van der Waals surface area contributed by atoms with Gasteiger partial charge in [-0.3, -0.25) is 9.79 Å². The average molecular weight is 429 g/mol. The lowest BCUT2D eigenvalue weighted by molar-refractivity contribution is -0.116. The molecule has 0 saturated heterocycles. The number of aryl methyl sites for hydroxylation is 2. The number of H-pyrrole nitrogens is 1. The molecule has 166 valence electrons. The second-order valence-electron chi connectivity index (χ2n) is 8.87. The van der Waals surface area contributed by atoms with Gasteiger partial charge in [0, 0.05) is 41.7 Å². The first-order chi connectivity index (χ1) is 15.5. The van der Waals surface area contributed by atoms with Gasteiger partial charge in [-0.15, -0.1) is 0 Å². The van der Waals surface area contributed by atoms with Crippen LogP contribution in [-0.4, -0.2) is 28.1 Å². The third-order valence-corrected chi connectivity index (χ3v) is 6.42. The molecule has 0 spiro atoms. The van der Waals surface area contributed by atoms with E-state index in [0.29, 0.717) is 31.4 Å². The van der Waals surface area contributed by atoms with Crippen molar-refractivity contribution in [3.63, 3.8) is 0 Å². The Morgan fingerprint density at radius 3 is 2.66 bits per heavy atom. The summed E-state index contributed by atoms with van der Waals surface area (Å²) in [5, 5.41) is 11.9. The van der Waals surface area contributed by atoms with E-state index in [9.17, 15) is 9.90 Å². The number of carbonyl (C=O) groups excluding carboxylic acids is 1. The maximum atomic E-state index is 13.1. The molecule has 4 nitrogen and oxygen atoms in total. The van der Waals surface area contributed by atoms with Gasteiger partial charge in [-0.25, -0.2) is 0 Å². The molecule has 0 unspecified atom stereocenters. The quantitative estimate of drug-likeness (QED) is 0.346. The van der Waals surface area contributed by atoms with E-state index in [1.54, 1.807) is 0 Å². The van der Waals surface area contributed by atoms with Gasteiger partial charge in [-0.1, -0.05) is 48.9 Å². The molecule has 4 heteroatoms. The second-order valence-corrected chi connectivity index (χ2v) is 8.87. The van der Waals surface area contributed by atoms with E-state index in [4.69, 9.17) is 4.99 Å². The SMILES string of the molecule is CCCC(O)=C1C(=O)C[C@@H](c2ccccc2)CC1=NCCc1c(C)[nH]c2ccc(C)cc12. The smallest absolute Gasteiger partial charge is 0.168 e. The van der Waals surface area contributed by atoms with Gasteiger partial charge in [0.15, 0.2) is 5.78 Å². The van der Waals surface area contributed by atoms with Gasteiger partial charge in [-0.2, -0.15) is 0 Å². The van der Waals surface area contributed by atoms with E-state index in [1.165, 1.54) is 16.5 Å². The summed E-state index contributed by atoms with van der Waals surface area (Å²) in [5.41, 5.74) is 7.21. The van der Waals surface area contributed by atoms with Crippen molar-refractivity contribution in [1.82, 2.24) is 4.98 Å². The lowest BCUT2D eigenvalue weighted by Gasteiger charge is -2.26. The number of aliphatic hydroxyl groups excluding tert-OH is 1. The molecule has 1 aromatic heterocycles. The van der Waals surface area contributed by atoms with E-state index in [-0.39, 0.29) is 17.5 Å². The minimum atomic E-state index is 0.00806. The van der Waals surface area contributed by atoms with Crippen LogP contribution in [0.1, 0.15) is 60.9 Å². The molecule has 0 amide bonds.